The zero-order valence-corrected chi connectivity index (χ0v) is 18.4. The van der Waals surface area contributed by atoms with Gasteiger partial charge in [0, 0.05) is 23.9 Å². The van der Waals surface area contributed by atoms with Crippen LogP contribution in [0.5, 0.6) is 11.5 Å². The fourth-order valence-electron chi connectivity index (χ4n) is 2.72. The van der Waals surface area contributed by atoms with Gasteiger partial charge in [-0.15, -0.1) is 0 Å². The molecule has 7 heteroatoms. The smallest absolute Gasteiger partial charge is 0.248 e. The summed E-state index contributed by atoms with van der Waals surface area (Å²) in [5.74, 6) is 0.940. The Morgan fingerprint density at radius 1 is 1.10 bits per heavy atom. The Morgan fingerprint density at radius 3 is 2.30 bits per heavy atom. The summed E-state index contributed by atoms with van der Waals surface area (Å²) in [6.07, 6.45) is 3.51. The summed E-state index contributed by atoms with van der Waals surface area (Å²) in [5, 5.41) is 6.01. The Labute approximate surface area is 182 Å². The van der Waals surface area contributed by atoms with Gasteiger partial charge in [0.2, 0.25) is 11.8 Å². The number of methoxy groups -OCH3 is 1. The van der Waals surface area contributed by atoms with Crippen LogP contribution in [0.3, 0.4) is 0 Å². The number of rotatable bonds is 9. The number of nitrogens with one attached hydrogen (secondary N) is 2. The standard InChI is InChI=1S/C23H27ClN2O4/c1-5-30-20-14-16(13-19(24)23(20)29-4)6-11-21(27)25-17-7-9-18(10-8-17)26-22(28)12-15(2)3/h6-11,13-15H,5,12H2,1-4H3,(H,25,27)(H,26,28)/b11-6+. The largest absolute Gasteiger partial charge is 0.491 e. The van der Waals surface area contributed by atoms with Crippen LogP contribution in [-0.2, 0) is 9.59 Å². The summed E-state index contributed by atoms with van der Waals surface area (Å²) in [4.78, 5) is 24.1. The monoisotopic (exact) mass is 430 g/mol. The number of benzene rings is 2. The first kappa shape index (κ1) is 23.3. The van der Waals surface area contributed by atoms with E-state index in [4.69, 9.17) is 21.1 Å². The molecule has 2 aromatic carbocycles. The Hall–Kier alpha value is -2.99. The molecule has 6 nitrogen and oxygen atoms in total. The first-order chi connectivity index (χ1) is 14.3. The predicted molar refractivity (Wildman–Crippen MR) is 121 cm³/mol. The second kappa shape index (κ2) is 11.3. The van der Waals surface area contributed by atoms with E-state index in [2.05, 4.69) is 10.6 Å². The third-order valence-electron chi connectivity index (χ3n) is 3.99. The summed E-state index contributed by atoms with van der Waals surface area (Å²) in [5.41, 5.74) is 2.02. The van der Waals surface area contributed by atoms with Gasteiger partial charge in [-0.25, -0.2) is 0 Å². The highest BCUT2D eigenvalue weighted by atomic mass is 35.5. The summed E-state index contributed by atoms with van der Waals surface area (Å²) in [6.45, 7) is 6.31. The van der Waals surface area contributed by atoms with E-state index in [-0.39, 0.29) is 11.8 Å². The molecule has 0 aliphatic heterocycles. The molecule has 0 spiro atoms. The van der Waals surface area contributed by atoms with Gasteiger partial charge in [-0.05, 0) is 60.9 Å². The molecule has 0 unspecified atom stereocenters. The molecule has 0 aromatic heterocycles. The maximum Gasteiger partial charge on any atom is 0.248 e. The maximum atomic E-state index is 12.2. The number of anilines is 2. The lowest BCUT2D eigenvalue weighted by molar-refractivity contribution is -0.117. The molecular weight excluding hydrogens is 404 g/mol. The van der Waals surface area contributed by atoms with Crippen molar-refractivity contribution in [3.05, 3.63) is 53.1 Å². The van der Waals surface area contributed by atoms with Gasteiger partial charge in [0.15, 0.2) is 11.5 Å². The van der Waals surface area contributed by atoms with Crippen molar-refractivity contribution in [1.29, 1.82) is 0 Å². The molecule has 0 atom stereocenters. The Balaban J connectivity index is 2.00. The SMILES string of the molecule is CCOc1cc(/C=C/C(=O)Nc2ccc(NC(=O)CC(C)C)cc2)cc(Cl)c1OC. The van der Waals surface area contributed by atoms with Gasteiger partial charge >= 0.3 is 0 Å². The first-order valence-electron chi connectivity index (χ1n) is 9.71. The fraction of sp³-hybridized carbons (Fsp3) is 0.304. The minimum absolute atomic E-state index is 0.0331. The van der Waals surface area contributed by atoms with Gasteiger partial charge in [0.25, 0.3) is 0 Å². The summed E-state index contributed by atoms with van der Waals surface area (Å²) >= 11 is 6.22. The number of ether oxygens (including phenoxy) is 2. The zero-order valence-electron chi connectivity index (χ0n) is 17.6. The Bertz CT molecular complexity index is 908. The van der Waals surface area contributed by atoms with Crippen LogP contribution in [0, 0.1) is 5.92 Å². The van der Waals surface area contributed by atoms with Crippen LogP contribution < -0.4 is 20.1 Å². The van der Waals surface area contributed by atoms with Gasteiger partial charge in [0.05, 0.1) is 18.7 Å². The summed E-state index contributed by atoms with van der Waals surface area (Å²) in [6, 6.07) is 10.4. The molecule has 0 aliphatic carbocycles. The molecule has 2 rings (SSSR count). The van der Waals surface area contributed by atoms with Crippen LogP contribution in [0.15, 0.2) is 42.5 Å². The molecule has 0 aliphatic rings. The van der Waals surface area contributed by atoms with E-state index in [0.717, 1.165) is 0 Å². The van der Waals surface area contributed by atoms with E-state index in [1.165, 1.54) is 13.2 Å². The lowest BCUT2D eigenvalue weighted by atomic mass is 10.1. The van der Waals surface area contributed by atoms with Crippen LogP contribution in [0.25, 0.3) is 6.08 Å². The third-order valence-corrected chi connectivity index (χ3v) is 4.27. The average Bonchev–Trinajstić information content (AvgIpc) is 2.67. The van der Waals surface area contributed by atoms with E-state index >= 15 is 0 Å². The highest BCUT2D eigenvalue weighted by Gasteiger charge is 2.11. The first-order valence-corrected chi connectivity index (χ1v) is 10.1. The number of amides is 2. The van der Waals surface area contributed by atoms with Gasteiger partial charge in [0.1, 0.15) is 0 Å². The molecular formula is C23H27ClN2O4. The van der Waals surface area contributed by atoms with Crippen molar-refractivity contribution in [2.24, 2.45) is 5.92 Å². The number of hydrogen-bond donors (Lipinski definition) is 2. The van der Waals surface area contributed by atoms with Crippen molar-refractivity contribution in [2.75, 3.05) is 24.4 Å². The van der Waals surface area contributed by atoms with Crippen molar-refractivity contribution in [1.82, 2.24) is 0 Å². The van der Waals surface area contributed by atoms with Gasteiger partial charge in [-0.3, -0.25) is 9.59 Å². The minimum Gasteiger partial charge on any atom is -0.491 e. The molecule has 0 bridgehead atoms. The number of carbonyl (C=O) groups excluding carboxylic acids is 2. The molecule has 2 amide bonds. The van der Waals surface area contributed by atoms with E-state index in [0.29, 0.717) is 52.4 Å². The highest BCUT2D eigenvalue weighted by molar-refractivity contribution is 6.32. The second-order valence-electron chi connectivity index (χ2n) is 7.01. The molecule has 0 radical (unpaired) electrons. The lowest BCUT2D eigenvalue weighted by Crippen LogP contribution is -2.14. The number of carbonyl (C=O) groups is 2. The van der Waals surface area contributed by atoms with Crippen LogP contribution >= 0.6 is 11.6 Å². The molecule has 0 saturated heterocycles. The van der Waals surface area contributed by atoms with Crippen LogP contribution in [0.1, 0.15) is 32.8 Å². The van der Waals surface area contributed by atoms with E-state index < -0.39 is 0 Å². The zero-order chi connectivity index (χ0) is 22.1. The lowest BCUT2D eigenvalue weighted by Gasteiger charge is -2.11. The number of hydrogen-bond acceptors (Lipinski definition) is 4. The maximum absolute atomic E-state index is 12.2. The summed E-state index contributed by atoms with van der Waals surface area (Å²) in [7, 11) is 1.52. The van der Waals surface area contributed by atoms with E-state index in [1.807, 2.05) is 20.8 Å². The average molecular weight is 431 g/mol. The van der Waals surface area contributed by atoms with E-state index in [9.17, 15) is 9.59 Å². The Kier molecular flexibility index (Phi) is 8.74. The third kappa shape index (κ3) is 7.12. The van der Waals surface area contributed by atoms with Crippen molar-refractivity contribution in [3.63, 3.8) is 0 Å². The number of halogens is 1. The fourth-order valence-corrected chi connectivity index (χ4v) is 3.02. The van der Waals surface area contributed by atoms with Crippen molar-refractivity contribution >= 4 is 40.9 Å². The van der Waals surface area contributed by atoms with Crippen LogP contribution in [-0.4, -0.2) is 25.5 Å². The quantitative estimate of drug-likeness (QED) is 0.523. The molecule has 0 fully saturated rings. The topological polar surface area (TPSA) is 76.7 Å². The second-order valence-corrected chi connectivity index (χ2v) is 7.42. The highest BCUT2D eigenvalue weighted by Crippen LogP contribution is 2.36. The van der Waals surface area contributed by atoms with Crippen molar-refractivity contribution in [3.8, 4) is 11.5 Å². The Morgan fingerprint density at radius 2 is 1.73 bits per heavy atom. The molecule has 2 N–H and O–H groups in total. The van der Waals surface area contributed by atoms with E-state index in [1.54, 1.807) is 42.5 Å². The van der Waals surface area contributed by atoms with Crippen molar-refractivity contribution in [2.45, 2.75) is 27.2 Å². The molecule has 0 heterocycles. The van der Waals surface area contributed by atoms with Gasteiger partial charge in [-0.1, -0.05) is 25.4 Å². The van der Waals surface area contributed by atoms with Gasteiger partial charge in [-0.2, -0.15) is 0 Å². The van der Waals surface area contributed by atoms with Crippen LogP contribution in [0.4, 0.5) is 11.4 Å². The minimum atomic E-state index is -0.295. The molecule has 2 aromatic rings. The van der Waals surface area contributed by atoms with Crippen LogP contribution in [0.2, 0.25) is 5.02 Å². The predicted octanol–water partition coefficient (Wildman–Crippen LogP) is 5.38. The molecule has 0 saturated carbocycles. The molecule has 30 heavy (non-hydrogen) atoms. The summed E-state index contributed by atoms with van der Waals surface area (Å²) < 4.78 is 10.8. The van der Waals surface area contributed by atoms with Gasteiger partial charge < -0.3 is 20.1 Å². The normalized spacial score (nSPS) is 10.9. The molecule has 160 valence electrons. The van der Waals surface area contributed by atoms with Crippen molar-refractivity contribution < 1.29 is 19.1 Å².